The minimum atomic E-state index is -1.12. The molecule has 0 bridgehead atoms. The van der Waals surface area contributed by atoms with Crippen molar-refractivity contribution in [3.63, 3.8) is 0 Å². The first-order chi connectivity index (χ1) is 33.3. The van der Waals surface area contributed by atoms with Gasteiger partial charge in [-0.2, -0.15) is 0 Å². The third-order valence-electron chi connectivity index (χ3n) is 13.0. The SMILES string of the molecule is CCOC(=O)[C@@H](OC(C)(C)C)c1c(C)cc2cc(C)ccc2c1-c1ccc2c3c(ccnc13)CCO2.Cc1ccc2c(-c3ccc4c5c(ccnc35)CCO4)c([C@H](OC(C)(C)C)C(=O)O)c(C)cc2c1. The van der Waals surface area contributed by atoms with Gasteiger partial charge in [-0.3, -0.25) is 9.97 Å². The maximum Gasteiger partial charge on any atom is 0.339 e. The summed E-state index contributed by atoms with van der Waals surface area (Å²) < 4.78 is 30.0. The predicted octanol–water partition coefficient (Wildman–Crippen LogP) is 13.6. The highest BCUT2D eigenvalue weighted by Crippen LogP contribution is 2.47. The topological polar surface area (TPSA) is 126 Å². The molecule has 0 spiro atoms. The summed E-state index contributed by atoms with van der Waals surface area (Å²) >= 11 is 0. The van der Waals surface area contributed by atoms with Gasteiger partial charge in [-0.25, -0.2) is 9.59 Å². The number of benzene rings is 6. The number of hydrogen-bond donors (Lipinski definition) is 1. The van der Waals surface area contributed by atoms with Gasteiger partial charge in [0.1, 0.15) is 11.5 Å². The van der Waals surface area contributed by atoms with Gasteiger partial charge in [-0.05, 0) is 167 Å². The Kier molecular flexibility index (Phi) is 12.9. The molecule has 70 heavy (non-hydrogen) atoms. The van der Waals surface area contributed by atoms with E-state index in [-0.39, 0.29) is 12.6 Å². The van der Waals surface area contributed by atoms with Crippen LogP contribution in [0.1, 0.15) is 105 Å². The van der Waals surface area contributed by atoms with E-state index in [0.717, 1.165) is 112 Å². The van der Waals surface area contributed by atoms with Gasteiger partial charge in [0.05, 0.1) is 42.1 Å². The summed E-state index contributed by atoms with van der Waals surface area (Å²) in [5.41, 5.74) is 12.2. The van der Waals surface area contributed by atoms with Crippen molar-refractivity contribution in [2.75, 3.05) is 19.8 Å². The first-order valence-electron chi connectivity index (χ1n) is 24.2. The van der Waals surface area contributed by atoms with Crippen molar-refractivity contribution < 1.29 is 38.4 Å². The van der Waals surface area contributed by atoms with Gasteiger partial charge in [0.25, 0.3) is 0 Å². The number of carboxylic acids is 1. The third-order valence-corrected chi connectivity index (χ3v) is 13.0. The van der Waals surface area contributed by atoms with Crippen molar-refractivity contribution in [3.8, 4) is 33.8 Å². The Morgan fingerprint density at radius 2 is 1.06 bits per heavy atom. The maximum atomic E-state index is 13.4. The molecular formula is C60H62N2O8. The fourth-order valence-electron chi connectivity index (χ4n) is 10.2. The number of nitrogens with zero attached hydrogens (tertiary/aromatic N) is 2. The minimum absolute atomic E-state index is 0.282. The van der Waals surface area contributed by atoms with E-state index in [9.17, 15) is 14.7 Å². The van der Waals surface area contributed by atoms with Crippen molar-refractivity contribution >= 4 is 55.3 Å². The molecule has 8 aromatic rings. The van der Waals surface area contributed by atoms with Gasteiger partial charge in [0.2, 0.25) is 0 Å². The number of ether oxygens (including phenoxy) is 5. The molecule has 10 nitrogen and oxygen atoms in total. The molecule has 2 aliphatic heterocycles. The van der Waals surface area contributed by atoms with E-state index < -0.39 is 29.4 Å². The zero-order valence-electron chi connectivity index (χ0n) is 42.1. The average Bonchev–Trinajstić information content (AvgIpc) is 3.30. The summed E-state index contributed by atoms with van der Waals surface area (Å²) in [6, 6.07) is 29.1. The Labute approximate surface area is 409 Å². The Balaban J connectivity index is 0.000000174. The average molecular weight is 939 g/mol. The van der Waals surface area contributed by atoms with Crippen LogP contribution in [-0.2, 0) is 36.6 Å². The molecule has 4 heterocycles. The highest BCUT2D eigenvalue weighted by molar-refractivity contribution is 6.10. The number of rotatable bonds is 9. The zero-order chi connectivity index (χ0) is 49.8. The lowest BCUT2D eigenvalue weighted by Gasteiger charge is -2.30. The number of pyridine rings is 2. The van der Waals surface area contributed by atoms with E-state index in [1.54, 1.807) is 0 Å². The lowest BCUT2D eigenvalue weighted by Crippen LogP contribution is -2.29. The molecular weight excluding hydrogens is 877 g/mol. The summed E-state index contributed by atoms with van der Waals surface area (Å²) in [5, 5.41) is 16.5. The number of carbonyl (C=O) groups is 2. The van der Waals surface area contributed by atoms with E-state index in [1.807, 2.05) is 99.0 Å². The molecule has 0 amide bonds. The van der Waals surface area contributed by atoms with Crippen LogP contribution in [0.25, 0.3) is 65.6 Å². The normalized spacial score (nSPS) is 14.2. The molecule has 2 aromatic heterocycles. The van der Waals surface area contributed by atoms with E-state index in [4.69, 9.17) is 33.7 Å². The van der Waals surface area contributed by atoms with Crippen LogP contribution in [0.2, 0.25) is 0 Å². The highest BCUT2D eigenvalue weighted by atomic mass is 16.6. The Hall–Kier alpha value is -6.88. The second-order valence-corrected chi connectivity index (χ2v) is 20.5. The zero-order valence-corrected chi connectivity index (χ0v) is 42.1. The molecule has 1 N–H and O–H groups in total. The van der Waals surface area contributed by atoms with Crippen molar-refractivity contribution in [3.05, 3.63) is 142 Å². The van der Waals surface area contributed by atoms with Crippen molar-refractivity contribution in [1.82, 2.24) is 9.97 Å². The third kappa shape index (κ3) is 9.30. The van der Waals surface area contributed by atoms with Gasteiger partial charge < -0.3 is 28.8 Å². The first kappa shape index (κ1) is 48.2. The number of aromatic nitrogens is 2. The van der Waals surface area contributed by atoms with Gasteiger partial charge in [0, 0.05) is 58.3 Å². The number of aryl methyl sites for hydroxylation is 4. The van der Waals surface area contributed by atoms with E-state index in [2.05, 4.69) is 74.5 Å². The molecule has 0 saturated heterocycles. The number of aliphatic carboxylic acids is 1. The monoisotopic (exact) mass is 938 g/mol. The molecule has 0 aliphatic carbocycles. The van der Waals surface area contributed by atoms with Crippen LogP contribution in [0.5, 0.6) is 11.5 Å². The van der Waals surface area contributed by atoms with Crippen LogP contribution >= 0.6 is 0 Å². The van der Waals surface area contributed by atoms with Gasteiger partial charge in [-0.15, -0.1) is 0 Å². The highest BCUT2D eigenvalue weighted by Gasteiger charge is 2.35. The van der Waals surface area contributed by atoms with E-state index >= 15 is 0 Å². The van der Waals surface area contributed by atoms with Gasteiger partial charge >= 0.3 is 11.9 Å². The quantitative estimate of drug-likeness (QED) is 0.140. The molecule has 6 aromatic carbocycles. The maximum absolute atomic E-state index is 13.4. The van der Waals surface area contributed by atoms with Crippen molar-refractivity contribution in [2.45, 2.75) is 112 Å². The summed E-state index contributed by atoms with van der Waals surface area (Å²) in [6.07, 6.45) is 3.36. The van der Waals surface area contributed by atoms with Crippen LogP contribution in [0.15, 0.2) is 97.3 Å². The Morgan fingerprint density at radius 3 is 1.49 bits per heavy atom. The smallest absolute Gasteiger partial charge is 0.339 e. The second kappa shape index (κ2) is 18.8. The molecule has 0 unspecified atom stereocenters. The Bertz CT molecular complexity index is 3360. The summed E-state index contributed by atoms with van der Waals surface area (Å²) in [6.45, 7) is 23.1. The molecule has 0 fully saturated rings. The molecule has 360 valence electrons. The van der Waals surface area contributed by atoms with Crippen molar-refractivity contribution in [1.29, 1.82) is 0 Å². The molecule has 10 rings (SSSR count). The lowest BCUT2D eigenvalue weighted by molar-refractivity contribution is -0.166. The number of fused-ring (bicyclic) bond motifs is 2. The standard InChI is InChI=1S/C31H33NO4.C29H29NO4/c1-7-34-30(33)29(36-31(4,5)6)25-19(3)17-21-16-18(2)8-9-22(21)27(25)23-10-11-24-26-20(13-15-35-24)12-14-32-28(23)26;1-16-6-7-20-19(14-16)15-17(2)23(27(28(31)32)34-29(3,4)5)25(20)21-8-9-22-24-18(11-13-33-22)10-12-30-26(21)24/h8-12,14,16-17,29H,7,13,15H2,1-6H3;6-10,12,14-15,27H,11,13H2,1-5H3,(H,31,32)/t29-;27-/m00/s1. The first-order valence-corrected chi connectivity index (χ1v) is 24.2. The summed E-state index contributed by atoms with van der Waals surface area (Å²) in [7, 11) is 0. The number of esters is 1. The number of carbonyl (C=O) groups excluding carboxylic acids is 1. The number of carboxylic acid groups (broad SMARTS) is 1. The molecule has 0 radical (unpaired) electrons. The van der Waals surface area contributed by atoms with Gasteiger partial charge in [-0.1, -0.05) is 59.7 Å². The fourth-order valence-corrected chi connectivity index (χ4v) is 10.2. The van der Waals surface area contributed by atoms with Crippen LogP contribution in [0.3, 0.4) is 0 Å². The van der Waals surface area contributed by atoms with Crippen molar-refractivity contribution in [2.24, 2.45) is 0 Å². The Morgan fingerprint density at radius 1 is 0.614 bits per heavy atom. The number of hydrogen-bond acceptors (Lipinski definition) is 9. The molecule has 2 atom stereocenters. The predicted molar refractivity (Wildman–Crippen MR) is 278 cm³/mol. The largest absolute Gasteiger partial charge is 0.493 e. The van der Waals surface area contributed by atoms with Gasteiger partial charge in [0.15, 0.2) is 12.2 Å². The van der Waals surface area contributed by atoms with Crippen LogP contribution in [0, 0.1) is 27.7 Å². The lowest BCUT2D eigenvalue weighted by atomic mass is 9.85. The summed E-state index contributed by atoms with van der Waals surface area (Å²) in [5.74, 6) is 0.278. The second-order valence-electron chi connectivity index (χ2n) is 20.5. The molecule has 0 saturated carbocycles. The minimum Gasteiger partial charge on any atom is -0.493 e. The molecule has 10 heteroatoms. The van der Waals surface area contributed by atoms with E-state index in [1.165, 1.54) is 16.7 Å². The van der Waals surface area contributed by atoms with Crippen LogP contribution in [-0.4, -0.2) is 58.0 Å². The fraction of sp³-hybridized carbons (Fsp3) is 0.333. The summed E-state index contributed by atoms with van der Waals surface area (Å²) in [4.78, 5) is 35.6. The molecule has 2 aliphatic rings. The van der Waals surface area contributed by atoms with Crippen LogP contribution in [0.4, 0.5) is 0 Å². The van der Waals surface area contributed by atoms with E-state index in [0.29, 0.717) is 18.8 Å². The van der Waals surface area contributed by atoms with Crippen LogP contribution < -0.4 is 9.47 Å².